The number of nitrogens with zero attached hydrogens (tertiary/aromatic N) is 2. The molecule has 2 N–H and O–H groups in total. The molecule has 3 nitrogen and oxygen atoms in total. The molecule has 5 heteroatoms. The lowest BCUT2D eigenvalue weighted by molar-refractivity contribution is 0.625. The fourth-order valence-corrected chi connectivity index (χ4v) is 2.25. The van der Waals surface area contributed by atoms with Gasteiger partial charge in [-0.1, -0.05) is 12.1 Å². The molecule has 0 saturated heterocycles. The normalized spacial score (nSPS) is 10.8. The number of rotatable bonds is 2. The third-order valence-electron chi connectivity index (χ3n) is 3.28. The molecule has 3 rings (SSSR count). The van der Waals surface area contributed by atoms with Crippen molar-refractivity contribution < 1.29 is 8.78 Å². The molecule has 1 heterocycles. The molecule has 0 saturated carbocycles. The summed E-state index contributed by atoms with van der Waals surface area (Å²) in [6.07, 6.45) is 1.60. The van der Waals surface area contributed by atoms with E-state index in [9.17, 15) is 8.78 Å². The van der Waals surface area contributed by atoms with Gasteiger partial charge >= 0.3 is 0 Å². The van der Waals surface area contributed by atoms with E-state index in [-0.39, 0.29) is 11.6 Å². The Morgan fingerprint density at radius 1 is 1.10 bits per heavy atom. The molecule has 106 valence electrons. The van der Waals surface area contributed by atoms with E-state index in [1.807, 2.05) is 0 Å². The predicted molar refractivity (Wildman–Crippen MR) is 78.1 cm³/mol. The third-order valence-corrected chi connectivity index (χ3v) is 3.28. The summed E-state index contributed by atoms with van der Waals surface area (Å²) in [5.74, 6) is -0.698. The van der Waals surface area contributed by atoms with Crippen molar-refractivity contribution in [3.05, 3.63) is 65.9 Å². The molecule has 0 unspecified atom stereocenters. The van der Waals surface area contributed by atoms with E-state index in [1.54, 1.807) is 37.4 Å². The van der Waals surface area contributed by atoms with E-state index in [0.717, 1.165) is 5.56 Å². The molecule has 0 radical (unpaired) electrons. The Morgan fingerprint density at radius 3 is 2.57 bits per heavy atom. The van der Waals surface area contributed by atoms with Crippen LogP contribution in [0.4, 0.5) is 14.5 Å². The third kappa shape index (κ3) is 2.38. The second-order valence-electron chi connectivity index (χ2n) is 4.79. The largest absolute Gasteiger partial charge is 0.396 e. The molecular formula is C16H13F2N3. The summed E-state index contributed by atoms with van der Waals surface area (Å²) in [6.45, 7) is 1.78. The maximum absolute atomic E-state index is 13.8. The SMILES string of the molecule is Cc1cc(F)ccc1-n1cc(N)c(-c2ccccc2F)n1. The van der Waals surface area contributed by atoms with Gasteiger partial charge in [0.05, 0.1) is 17.6 Å². The van der Waals surface area contributed by atoms with Crippen molar-refractivity contribution in [2.24, 2.45) is 0 Å². The first-order valence-electron chi connectivity index (χ1n) is 6.43. The van der Waals surface area contributed by atoms with Gasteiger partial charge in [0.15, 0.2) is 0 Å². The van der Waals surface area contributed by atoms with Crippen LogP contribution in [0.25, 0.3) is 16.9 Å². The molecule has 1 aromatic heterocycles. The van der Waals surface area contributed by atoms with E-state index in [4.69, 9.17) is 5.73 Å². The first kappa shape index (κ1) is 13.3. The number of nitrogens with two attached hydrogens (primary N) is 1. The molecule has 0 aliphatic rings. The average molecular weight is 285 g/mol. The van der Waals surface area contributed by atoms with Gasteiger partial charge in [0.25, 0.3) is 0 Å². The van der Waals surface area contributed by atoms with Crippen molar-refractivity contribution >= 4 is 5.69 Å². The van der Waals surface area contributed by atoms with Crippen LogP contribution in [0.2, 0.25) is 0 Å². The van der Waals surface area contributed by atoms with E-state index < -0.39 is 0 Å². The maximum Gasteiger partial charge on any atom is 0.132 e. The molecule has 0 fully saturated rings. The minimum absolute atomic E-state index is 0.314. The minimum atomic E-state index is -0.384. The number of halogens is 2. The van der Waals surface area contributed by atoms with Crippen LogP contribution in [0, 0.1) is 18.6 Å². The zero-order chi connectivity index (χ0) is 15.0. The fourth-order valence-electron chi connectivity index (χ4n) is 2.25. The number of hydrogen-bond donors (Lipinski definition) is 1. The van der Waals surface area contributed by atoms with Crippen LogP contribution in [-0.2, 0) is 0 Å². The van der Waals surface area contributed by atoms with Crippen LogP contribution in [0.15, 0.2) is 48.7 Å². The summed E-state index contributed by atoms with van der Waals surface area (Å²) in [7, 11) is 0. The Kier molecular flexibility index (Phi) is 3.17. The molecule has 2 aromatic carbocycles. The summed E-state index contributed by atoms with van der Waals surface area (Å²) < 4.78 is 28.5. The standard InChI is InChI=1S/C16H13F2N3/c1-10-8-11(17)6-7-15(10)21-9-14(19)16(20-21)12-4-2-3-5-13(12)18/h2-9H,19H2,1H3. The first-order chi connectivity index (χ1) is 10.1. The van der Waals surface area contributed by atoms with Gasteiger partial charge in [-0.25, -0.2) is 13.5 Å². The van der Waals surface area contributed by atoms with Gasteiger partial charge in [0.1, 0.15) is 17.3 Å². The Labute approximate surface area is 120 Å². The van der Waals surface area contributed by atoms with Crippen molar-refractivity contribution in [2.45, 2.75) is 6.92 Å². The topological polar surface area (TPSA) is 43.8 Å². The Bertz CT molecular complexity index is 809. The molecule has 0 aliphatic heterocycles. The van der Waals surface area contributed by atoms with Crippen molar-refractivity contribution in [2.75, 3.05) is 5.73 Å². The molecule has 0 atom stereocenters. The zero-order valence-corrected chi connectivity index (χ0v) is 11.3. The molecule has 21 heavy (non-hydrogen) atoms. The number of aryl methyl sites for hydroxylation is 1. The maximum atomic E-state index is 13.8. The van der Waals surface area contributed by atoms with Gasteiger partial charge in [-0.3, -0.25) is 0 Å². The number of anilines is 1. The highest BCUT2D eigenvalue weighted by molar-refractivity contribution is 5.73. The molecule has 3 aromatic rings. The van der Waals surface area contributed by atoms with E-state index in [2.05, 4.69) is 5.10 Å². The number of aromatic nitrogens is 2. The average Bonchev–Trinajstić information content (AvgIpc) is 2.81. The molecule has 0 spiro atoms. The van der Waals surface area contributed by atoms with Crippen LogP contribution in [0.3, 0.4) is 0 Å². The van der Waals surface area contributed by atoms with Crippen LogP contribution in [0.5, 0.6) is 0 Å². The molecule has 0 amide bonds. The second kappa shape index (κ2) is 5.01. The smallest absolute Gasteiger partial charge is 0.132 e. The van der Waals surface area contributed by atoms with Crippen molar-refractivity contribution in [1.82, 2.24) is 9.78 Å². The fraction of sp³-hybridized carbons (Fsp3) is 0.0625. The highest BCUT2D eigenvalue weighted by Crippen LogP contribution is 2.28. The zero-order valence-electron chi connectivity index (χ0n) is 11.3. The van der Waals surface area contributed by atoms with Crippen molar-refractivity contribution in [3.63, 3.8) is 0 Å². The van der Waals surface area contributed by atoms with Gasteiger partial charge < -0.3 is 5.73 Å². The summed E-state index contributed by atoms with van der Waals surface area (Å²) in [5.41, 5.74) is 8.43. The lowest BCUT2D eigenvalue weighted by Crippen LogP contribution is -1.98. The highest BCUT2D eigenvalue weighted by atomic mass is 19.1. The first-order valence-corrected chi connectivity index (χ1v) is 6.43. The lowest BCUT2D eigenvalue weighted by atomic mass is 10.1. The number of benzene rings is 2. The molecule has 0 aliphatic carbocycles. The van der Waals surface area contributed by atoms with Crippen LogP contribution < -0.4 is 5.73 Å². The van der Waals surface area contributed by atoms with Gasteiger partial charge in [0, 0.05) is 5.56 Å². The predicted octanol–water partition coefficient (Wildman–Crippen LogP) is 3.71. The van der Waals surface area contributed by atoms with E-state index >= 15 is 0 Å². The Morgan fingerprint density at radius 2 is 1.86 bits per heavy atom. The summed E-state index contributed by atoms with van der Waals surface area (Å²) in [6, 6.07) is 10.7. The van der Waals surface area contributed by atoms with Crippen LogP contribution in [-0.4, -0.2) is 9.78 Å². The van der Waals surface area contributed by atoms with E-state index in [1.165, 1.54) is 22.9 Å². The van der Waals surface area contributed by atoms with Gasteiger partial charge in [0.2, 0.25) is 0 Å². The number of hydrogen-bond acceptors (Lipinski definition) is 2. The molecule has 0 bridgehead atoms. The Balaban J connectivity index is 2.12. The van der Waals surface area contributed by atoms with Gasteiger partial charge in [-0.05, 0) is 42.8 Å². The number of nitrogen functional groups attached to an aromatic ring is 1. The quantitative estimate of drug-likeness (QED) is 0.780. The van der Waals surface area contributed by atoms with Crippen molar-refractivity contribution in [1.29, 1.82) is 0 Å². The summed E-state index contributed by atoms with van der Waals surface area (Å²) >= 11 is 0. The second-order valence-corrected chi connectivity index (χ2v) is 4.79. The van der Waals surface area contributed by atoms with Gasteiger partial charge in [-0.2, -0.15) is 5.10 Å². The summed E-state index contributed by atoms with van der Waals surface area (Å²) in [4.78, 5) is 0. The van der Waals surface area contributed by atoms with E-state index in [0.29, 0.717) is 22.6 Å². The van der Waals surface area contributed by atoms with Crippen LogP contribution in [0.1, 0.15) is 5.56 Å². The highest BCUT2D eigenvalue weighted by Gasteiger charge is 2.14. The lowest BCUT2D eigenvalue weighted by Gasteiger charge is -2.05. The van der Waals surface area contributed by atoms with Gasteiger partial charge in [-0.15, -0.1) is 0 Å². The monoisotopic (exact) mass is 285 g/mol. The van der Waals surface area contributed by atoms with Crippen LogP contribution >= 0.6 is 0 Å². The minimum Gasteiger partial charge on any atom is -0.396 e. The molecular weight excluding hydrogens is 272 g/mol. The summed E-state index contributed by atoms with van der Waals surface area (Å²) in [5, 5.41) is 4.33. The Hall–Kier alpha value is -2.69. The van der Waals surface area contributed by atoms with Crippen molar-refractivity contribution in [3.8, 4) is 16.9 Å².